The molecule has 8 heteroatoms. The zero-order valence-electron chi connectivity index (χ0n) is 18.4. The number of carboxylic acid groups (broad SMARTS) is 1. The van der Waals surface area contributed by atoms with Gasteiger partial charge in [-0.05, 0) is 50.8 Å². The van der Waals surface area contributed by atoms with Crippen molar-refractivity contribution in [1.29, 1.82) is 0 Å². The zero-order chi connectivity index (χ0) is 22.8. The molecule has 0 bridgehead atoms. The van der Waals surface area contributed by atoms with Crippen LogP contribution in [0.4, 0.5) is 10.1 Å². The maximum atomic E-state index is 13.7. The first-order valence-electron chi connectivity index (χ1n) is 10.3. The molecule has 1 heterocycles. The van der Waals surface area contributed by atoms with E-state index in [0.717, 1.165) is 5.56 Å². The molecule has 168 valence electrons. The minimum absolute atomic E-state index is 0.0605. The van der Waals surface area contributed by atoms with Crippen LogP contribution in [-0.4, -0.2) is 64.3 Å². The first-order chi connectivity index (χ1) is 13.8. The van der Waals surface area contributed by atoms with Crippen LogP contribution >= 0.6 is 0 Å². The van der Waals surface area contributed by atoms with Gasteiger partial charge in [-0.1, -0.05) is 19.9 Å². The molecule has 1 fully saturated rings. The van der Waals surface area contributed by atoms with Crippen LogP contribution in [0.25, 0.3) is 0 Å². The van der Waals surface area contributed by atoms with Gasteiger partial charge in [-0.3, -0.25) is 14.5 Å². The molecule has 0 unspecified atom stereocenters. The maximum Gasteiger partial charge on any atom is 0.306 e. The van der Waals surface area contributed by atoms with Crippen molar-refractivity contribution in [1.82, 2.24) is 4.90 Å². The van der Waals surface area contributed by atoms with Crippen molar-refractivity contribution in [3.8, 4) is 0 Å². The van der Waals surface area contributed by atoms with Gasteiger partial charge in [-0.25, -0.2) is 4.39 Å². The lowest BCUT2D eigenvalue weighted by Crippen LogP contribution is -2.64. The number of aryl methyl sites for hydroxylation is 1. The van der Waals surface area contributed by atoms with Gasteiger partial charge >= 0.3 is 5.97 Å². The minimum Gasteiger partial charge on any atom is -0.481 e. The van der Waals surface area contributed by atoms with Crippen molar-refractivity contribution in [2.45, 2.75) is 58.7 Å². The molecule has 1 aromatic carbocycles. The summed E-state index contributed by atoms with van der Waals surface area (Å²) in [6, 6.07) is 3.69. The molecule has 0 saturated carbocycles. The highest BCUT2D eigenvalue weighted by Crippen LogP contribution is 2.29. The van der Waals surface area contributed by atoms with Crippen LogP contribution in [0, 0.1) is 24.6 Å². The lowest BCUT2D eigenvalue weighted by molar-refractivity contribution is -0.144. The number of hydrogen-bond acceptors (Lipinski definition) is 5. The largest absolute Gasteiger partial charge is 0.481 e. The van der Waals surface area contributed by atoms with Gasteiger partial charge in [-0.15, -0.1) is 0 Å². The summed E-state index contributed by atoms with van der Waals surface area (Å²) >= 11 is 0. The van der Waals surface area contributed by atoms with Gasteiger partial charge in [0, 0.05) is 30.4 Å². The van der Waals surface area contributed by atoms with Crippen molar-refractivity contribution in [3.05, 3.63) is 29.6 Å². The average Bonchev–Trinajstić information content (AvgIpc) is 2.63. The quantitative estimate of drug-likeness (QED) is 0.590. The minimum atomic E-state index is -0.997. The van der Waals surface area contributed by atoms with E-state index < -0.39 is 35.4 Å². The number of nitrogens with zero attached hydrogens (tertiary/aromatic N) is 2. The van der Waals surface area contributed by atoms with Crippen molar-refractivity contribution in [2.75, 3.05) is 24.5 Å². The number of piperazine rings is 1. The van der Waals surface area contributed by atoms with E-state index in [0.29, 0.717) is 12.2 Å². The number of hydrogen-bond donors (Lipinski definition) is 3. The second-order valence-corrected chi connectivity index (χ2v) is 9.26. The molecule has 30 heavy (non-hydrogen) atoms. The summed E-state index contributed by atoms with van der Waals surface area (Å²) in [6.45, 7) is 10.0. The van der Waals surface area contributed by atoms with Crippen LogP contribution in [0.2, 0.25) is 0 Å². The molecule has 0 spiro atoms. The van der Waals surface area contributed by atoms with Crippen molar-refractivity contribution < 1.29 is 24.2 Å². The maximum absolute atomic E-state index is 13.7. The van der Waals surface area contributed by atoms with E-state index in [-0.39, 0.29) is 31.3 Å². The third kappa shape index (κ3) is 5.56. The number of halogens is 1. The number of aliphatic hydroxyl groups excluding tert-OH is 1. The molecular weight excluding hydrogens is 389 g/mol. The second kappa shape index (κ2) is 9.41. The summed E-state index contributed by atoms with van der Waals surface area (Å²) in [5.41, 5.74) is 7.10. The Kier molecular flexibility index (Phi) is 7.60. The summed E-state index contributed by atoms with van der Waals surface area (Å²) in [5, 5.41) is 19.9. The van der Waals surface area contributed by atoms with Gasteiger partial charge in [-0.2, -0.15) is 0 Å². The predicted octanol–water partition coefficient (Wildman–Crippen LogP) is 2.00. The molecule has 0 aliphatic carbocycles. The van der Waals surface area contributed by atoms with Gasteiger partial charge in [0.2, 0.25) is 5.91 Å². The molecule has 1 saturated heterocycles. The van der Waals surface area contributed by atoms with Gasteiger partial charge < -0.3 is 20.8 Å². The summed E-state index contributed by atoms with van der Waals surface area (Å²) in [6.07, 6.45) is -0.937. The molecule has 7 nitrogen and oxygen atoms in total. The first kappa shape index (κ1) is 24.2. The highest BCUT2D eigenvalue weighted by atomic mass is 19.1. The molecule has 1 aromatic rings. The number of anilines is 1. The third-order valence-corrected chi connectivity index (χ3v) is 6.03. The molecule has 4 N–H and O–H groups in total. The Balaban J connectivity index is 2.10. The summed E-state index contributed by atoms with van der Waals surface area (Å²) in [4.78, 5) is 27.8. The number of carbonyl (C=O) groups is 2. The van der Waals surface area contributed by atoms with Gasteiger partial charge in [0.05, 0.1) is 18.6 Å². The Morgan fingerprint density at radius 2 is 1.97 bits per heavy atom. The Morgan fingerprint density at radius 1 is 1.33 bits per heavy atom. The first-order valence-corrected chi connectivity index (χ1v) is 10.3. The molecule has 1 aliphatic heterocycles. The van der Waals surface area contributed by atoms with E-state index in [2.05, 4.69) is 0 Å². The van der Waals surface area contributed by atoms with Crippen LogP contribution < -0.4 is 10.6 Å². The number of carbonyl (C=O) groups excluding carboxylic acids is 1. The molecule has 0 aromatic heterocycles. The normalized spacial score (nSPS) is 20.3. The van der Waals surface area contributed by atoms with Crippen molar-refractivity contribution >= 4 is 17.6 Å². The van der Waals surface area contributed by atoms with E-state index in [4.69, 9.17) is 5.73 Å². The number of aliphatic hydroxyl groups is 1. The van der Waals surface area contributed by atoms with Gasteiger partial charge in [0.25, 0.3) is 0 Å². The summed E-state index contributed by atoms with van der Waals surface area (Å²) < 4.78 is 13.7. The van der Waals surface area contributed by atoms with E-state index in [1.807, 2.05) is 25.7 Å². The monoisotopic (exact) mass is 423 g/mol. The predicted molar refractivity (Wildman–Crippen MR) is 114 cm³/mol. The smallest absolute Gasteiger partial charge is 0.306 e. The highest BCUT2D eigenvalue weighted by Gasteiger charge is 2.40. The average molecular weight is 424 g/mol. The van der Waals surface area contributed by atoms with E-state index in [9.17, 15) is 24.2 Å². The lowest BCUT2D eigenvalue weighted by atomic mass is 9.87. The number of rotatable bonds is 8. The molecule has 3 atom stereocenters. The van der Waals surface area contributed by atoms with Gasteiger partial charge in [0.15, 0.2) is 0 Å². The fourth-order valence-corrected chi connectivity index (χ4v) is 3.91. The molecular formula is C22H34FN3O4. The SMILES string of the molecule is Cc1ccc(F)cc1N1CC(C)(C)N(C[C@H](N)[C@@H](O)C[C@H](C(=O)O)C(C)C)CC1=O. The molecule has 1 aliphatic rings. The number of benzene rings is 1. The number of amides is 1. The molecule has 2 rings (SSSR count). The van der Waals surface area contributed by atoms with Gasteiger partial charge in [0.1, 0.15) is 5.82 Å². The van der Waals surface area contributed by atoms with Crippen LogP contribution in [0.5, 0.6) is 0 Å². The van der Waals surface area contributed by atoms with E-state index >= 15 is 0 Å². The fourth-order valence-electron chi connectivity index (χ4n) is 3.91. The number of carboxylic acids is 1. The molecule has 0 radical (unpaired) electrons. The van der Waals surface area contributed by atoms with Crippen LogP contribution in [0.15, 0.2) is 18.2 Å². The lowest BCUT2D eigenvalue weighted by Gasteiger charge is -2.48. The topological polar surface area (TPSA) is 107 Å². The third-order valence-electron chi connectivity index (χ3n) is 6.03. The Labute approximate surface area is 177 Å². The van der Waals surface area contributed by atoms with Crippen molar-refractivity contribution in [3.63, 3.8) is 0 Å². The molecule has 1 amide bonds. The summed E-state index contributed by atoms with van der Waals surface area (Å²) in [5.74, 6) is -2.33. The second-order valence-electron chi connectivity index (χ2n) is 9.26. The van der Waals surface area contributed by atoms with Crippen LogP contribution in [-0.2, 0) is 9.59 Å². The Bertz CT molecular complexity index is 784. The Morgan fingerprint density at radius 3 is 2.53 bits per heavy atom. The van der Waals surface area contributed by atoms with E-state index in [1.54, 1.807) is 24.8 Å². The highest BCUT2D eigenvalue weighted by molar-refractivity contribution is 5.96. The zero-order valence-corrected chi connectivity index (χ0v) is 18.4. The standard InChI is InChI=1S/C22H34FN3O4/c1-13(2)16(21(29)30)9-19(27)17(24)10-25-11-20(28)26(12-22(25,4)5)18-8-15(23)7-6-14(18)3/h6-8,13,16-17,19,27H,9-12,24H2,1-5H3,(H,29,30)/t16-,17-,19-/m0/s1. The number of nitrogens with two attached hydrogens (primary N) is 1. The summed E-state index contributed by atoms with van der Waals surface area (Å²) in [7, 11) is 0. The Hall–Kier alpha value is -2.03. The van der Waals surface area contributed by atoms with Crippen LogP contribution in [0.3, 0.4) is 0 Å². The van der Waals surface area contributed by atoms with E-state index in [1.165, 1.54) is 12.1 Å². The number of aliphatic carboxylic acids is 1. The fraction of sp³-hybridized carbons (Fsp3) is 0.636. The van der Waals surface area contributed by atoms with Crippen LogP contribution in [0.1, 0.15) is 39.7 Å². The van der Waals surface area contributed by atoms with Crippen molar-refractivity contribution in [2.24, 2.45) is 17.6 Å².